The molecule has 0 heterocycles. The number of halogens is 4. The molecule has 0 aliphatic heterocycles. The van der Waals surface area contributed by atoms with Crippen LogP contribution in [-0.4, -0.2) is 7.05 Å². The van der Waals surface area contributed by atoms with Gasteiger partial charge < -0.3 is 5.32 Å². The van der Waals surface area contributed by atoms with Gasteiger partial charge in [0, 0.05) is 19.5 Å². The molecule has 20 heavy (non-hydrogen) atoms. The SMILES string of the molecule is CNC(Cc1ccc(Br)cc1F)c1cc(Br)ccc1Br. The first-order valence-corrected chi connectivity index (χ1v) is 8.45. The third kappa shape index (κ3) is 3.91. The van der Waals surface area contributed by atoms with Crippen molar-refractivity contribution in [1.29, 1.82) is 0 Å². The Hall–Kier alpha value is -0.230. The van der Waals surface area contributed by atoms with E-state index in [4.69, 9.17) is 0 Å². The van der Waals surface area contributed by atoms with E-state index >= 15 is 0 Å². The lowest BCUT2D eigenvalue weighted by Gasteiger charge is -2.19. The Kier molecular flexibility index (Phi) is 5.78. The van der Waals surface area contributed by atoms with Crippen molar-refractivity contribution in [2.45, 2.75) is 12.5 Å². The topological polar surface area (TPSA) is 12.0 Å². The van der Waals surface area contributed by atoms with Gasteiger partial charge in [-0.05, 0) is 54.9 Å². The Morgan fingerprint density at radius 1 is 1.05 bits per heavy atom. The van der Waals surface area contributed by atoms with Crippen molar-refractivity contribution in [3.63, 3.8) is 0 Å². The van der Waals surface area contributed by atoms with Crippen LogP contribution in [0.5, 0.6) is 0 Å². The molecular weight excluding hydrogens is 453 g/mol. The quantitative estimate of drug-likeness (QED) is 0.618. The van der Waals surface area contributed by atoms with Gasteiger partial charge in [-0.15, -0.1) is 0 Å². The van der Waals surface area contributed by atoms with Crippen molar-refractivity contribution in [1.82, 2.24) is 5.32 Å². The minimum absolute atomic E-state index is 0.0394. The molecule has 2 aromatic carbocycles. The molecule has 2 aromatic rings. The molecule has 2 rings (SSSR count). The third-order valence-corrected chi connectivity index (χ3v) is 4.83. The fourth-order valence-electron chi connectivity index (χ4n) is 2.06. The van der Waals surface area contributed by atoms with Gasteiger partial charge in [-0.2, -0.15) is 0 Å². The van der Waals surface area contributed by atoms with Gasteiger partial charge in [-0.1, -0.05) is 53.9 Å². The minimum Gasteiger partial charge on any atom is -0.313 e. The Morgan fingerprint density at radius 2 is 1.70 bits per heavy atom. The molecule has 1 unspecified atom stereocenters. The number of rotatable bonds is 4. The number of likely N-dealkylation sites (N-methyl/N-ethyl adjacent to an activating group) is 1. The average molecular weight is 466 g/mol. The number of hydrogen-bond donors (Lipinski definition) is 1. The summed E-state index contributed by atoms with van der Waals surface area (Å²) in [5.74, 6) is -0.189. The number of hydrogen-bond acceptors (Lipinski definition) is 1. The Labute approximate surface area is 143 Å². The van der Waals surface area contributed by atoms with Gasteiger partial charge in [-0.3, -0.25) is 0 Å². The van der Waals surface area contributed by atoms with Crippen LogP contribution in [-0.2, 0) is 6.42 Å². The lowest BCUT2D eigenvalue weighted by molar-refractivity contribution is 0.552. The maximum absolute atomic E-state index is 14.0. The predicted molar refractivity (Wildman–Crippen MR) is 91.4 cm³/mol. The van der Waals surface area contributed by atoms with E-state index in [0.29, 0.717) is 12.0 Å². The molecule has 1 nitrogen and oxygen atoms in total. The maximum Gasteiger partial charge on any atom is 0.127 e. The molecule has 106 valence electrons. The van der Waals surface area contributed by atoms with Crippen LogP contribution in [0.3, 0.4) is 0 Å². The number of nitrogens with one attached hydrogen (secondary N) is 1. The largest absolute Gasteiger partial charge is 0.313 e. The van der Waals surface area contributed by atoms with Crippen LogP contribution in [0.4, 0.5) is 4.39 Å². The zero-order valence-corrected chi connectivity index (χ0v) is 15.5. The van der Waals surface area contributed by atoms with Crippen LogP contribution in [0.2, 0.25) is 0 Å². The highest BCUT2D eigenvalue weighted by Crippen LogP contribution is 2.30. The van der Waals surface area contributed by atoms with E-state index in [1.165, 1.54) is 6.07 Å². The molecule has 0 saturated carbocycles. The zero-order chi connectivity index (χ0) is 14.7. The molecule has 0 fully saturated rings. The van der Waals surface area contributed by atoms with E-state index in [1.54, 1.807) is 0 Å². The molecule has 0 radical (unpaired) electrons. The van der Waals surface area contributed by atoms with Gasteiger partial charge >= 0.3 is 0 Å². The second-order valence-corrected chi connectivity index (χ2v) is 7.13. The standard InChI is InChI=1S/C15H13Br3FN/c1-20-15(12-7-10(16)4-5-13(12)18)6-9-2-3-11(17)8-14(9)19/h2-5,7-8,15,20H,6H2,1H3. The summed E-state index contributed by atoms with van der Waals surface area (Å²) in [4.78, 5) is 0. The van der Waals surface area contributed by atoms with E-state index in [9.17, 15) is 4.39 Å². The van der Waals surface area contributed by atoms with Crippen molar-refractivity contribution in [3.8, 4) is 0 Å². The first kappa shape index (κ1) is 16.1. The van der Waals surface area contributed by atoms with E-state index in [0.717, 1.165) is 19.0 Å². The highest BCUT2D eigenvalue weighted by atomic mass is 79.9. The summed E-state index contributed by atoms with van der Waals surface area (Å²) in [7, 11) is 1.88. The van der Waals surface area contributed by atoms with Crippen molar-refractivity contribution in [2.75, 3.05) is 7.05 Å². The van der Waals surface area contributed by atoms with Crippen LogP contribution in [0.15, 0.2) is 49.8 Å². The van der Waals surface area contributed by atoms with Gasteiger partial charge in [0.2, 0.25) is 0 Å². The van der Waals surface area contributed by atoms with Crippen LogP contribution in [0.25, 0.3) is 0 Å². The predicted octanol–water partition coefficient (Wildman–Crippen LogP) is 5.62. The van der Waals surface area contributed by atoms with Crippen molar-refractivity contribution in [3.05, 3.63) is 66.8 Å². The van der Waals surface area contributed by atoms with Crippen LogP contribution in [0.1, 0.15) is 17.2 Å². The highest BCUT2D eigenvalue weighted by molar-refractivity contribution is 9.11. The van der Waals surface area contributed by atoms with Crippen LogP contribution < -0.4 is 5.32 Å². The second-order valence-electron chi connectivity index (χ2n) is 4.45. The smallest absolute Gasteiger partial charge is 0.127 e. The molecule has 0 aromatic heterocycles. The Balaban J connectivity index is 2.31. The lowest BCUT2D eigenvalue weighted by Crippen LogP contribution is -2.20. The Morgan fingerprint density at radius 3 is 2.35 bits per heavy atom. The maximum atomic E-state index is 14.0. The average Bonchev–Trinajstić information content (AvgIpc) is 2.41. The summed E-state index contributed by atoms with van der Waals surface area (Å²) in [6.07, 6.45) is 0.588. The molecule has 5 heteroatoms. The summed E-state index contributed by atoms with van der Waals surface area (Å²) in [6.45, 7) is 0. The molecule has 0 amide bonds. The van der Waals surface area contributed by atoms with Gasteiger partial charge in [0.05, 0.1) is 0 Å². The normalized spacial score (nSPS) is 12.4. The fraction of sp³-hybridized carbons (Fsp3) is 0.200. The first-order valence-electron chi connectivity index (χ1n) is 6.07. The molecule has 0 bridgehead atoms. The molecule has 0 spiro atoms. The van der Waals surface area contributed by atoms with Gasteiger partial charge in [0.15, 0.2) is 0 Å². The van der Waals surface area contributed by atoms with E-state index < -0.39 is 0 Å². The van der Waals surface area contributed by atoms with Crippen molar-refractivity contribution in [2.24, 2.45) is 0 Å². The lowest BCUT2D eigenvalue weighted by atomic mass is 9.99. The molecule has 0 aliphatic rings. The van der Waals surface area contributed by atoms with Crippen molar-refractivity contribution >= 4 is 47.8 Å². The van der Waals surface area contributed by atoms with Crippen LogP contribution >= 0.6 is 47.8 Å². The summed E-state index contributed by atoms with van der Waals surface area (Å²) in [6, 6.07) is 11.2. The van der Waals surface area contributed by atoms with Gasteiger partial charge in [-0.25, -0.2) is 4.39 Å². The monoisotopic (exact) mass is 463 g/mol. The van der Waals surface area contributed by atoms with E-state index in [-0.39, 0.29) is 11.9 Å². The molecular formula is C15H13Br3FN. The van der Waals surface area contributed by atoms with Crippen molar-refractivity contribution < 1.29 is 4.39 Å². The number of benzene rings is 2. The molecule has 0 aliphatic carbocycles. The minimum atomic E-state index is -0.189. The molecule has 1 N–H and O–H groups in total. The third-order valence-electron chi connectivity index (χ3n) is 3.12. The van der Waals surface area contributed by atoms with Gasteiger partial charge in [0.25, 0.3) is 0 Å². The molecule has 1 atom stereocenters. The van der Waals surface area contributed by atoms with E-state index in [2.05, 4.69) is 53.1 Å². The molecule has 0 saturated heterocycles. The Bertz CT molecular complexity index is 616. The van der Waals surface area contributed by atoms with Gasteiger partial charge in [0.1, 0.15) is 5.82 Å². The van der Waals surface area contributed by atoms with Crippen LogP contribution in [0, 0.1) is 5.82 Å². The van der Waals surface area contributed by atoms with E-state index in [1.807, 2.05) is 37.4 Å². The summed E-state index contributed by atoms with van der Waals surface area (Å²) < 4.78 is 16.7. The fourth-order valence-corrected chi connectivity index (χ4v) is 3.29. The summed E-state index contributed by atoms with van der Waals surface area (Å²) >= 11 is 10.3. The highest BCUT2D eigenvalue weighted by Gasteiger charge is 2.16. The first-order chi connectivity index (χ1) is 9.51. The second kappa shape index (κ2) is 7.16. The summed E-state index contributed by atoms with van der Waals surface area (Å²) in [5, 5.41) is 3.25. The summed E-state index contributed by atoms with van der Waals surface area (Å²) in [5.41, 5.74) is 1.80. The zero-order valence-electron chi connectivity index (χ0n) is 10.8.